The number of hydrogen-bond acceptors (Lipinski definition) is 5. The number of pyridine rings is 1. The SMILES string of the molecule is CNC(Cc1cnccc1N)C1CN(C)CCN1C. The van der Waals surface area contributed by atoms with Gasteiger partial charge in [0.05, 0.1) is 0 Å². The van der Waals surface area contributed by atoms with E-state index in [4.69, 9.17) is 5.73 Å². The summed E-state index contributed by atoms with van der Waals surface area (Å²) in [5, 5.41) is 3.45. The van der Waals surface area contributed by atoms with Gasteiger partial charge in [0, 0.05) is 49.8 Å². The van der Waals surface area contributed by atoms with Crippen molar-refractivity contribution in [3.05, 3.63) is 24.0 Å². The van der Waals surface area contributed by atoms with E-state index < -0.39 is 0 Å². The van der Waals surface area contributed by atoms with Gasteiger partial charge in [0.25, 0.3) is 0 Å². The van der Waals surface area contributed by atoms with Crippen LogP contribution in [0.15, 0.2) is 18.5 Å². The van der Waals surface area contributed by atoms with Crippen molar-refractivity contribution in [2.45, 2.75) is 18.5 Å². The molecule has 1 saturated heterocycles. The van der Waals surface area contributed by atoms with Gasteiger partial charge in [-0.1, -0.05) is 0 Å². The van der Waals surface area contributed by atoms with Gasteiger partial charge in [-0.25, -0.2) is 0 Å². The topological polar surface area (TPSA) is 57.4 Å². The number of nitrogens with two attached hydrogens (primary N) is 1. The van der Waals surface area contributed by atoms with Crippen LogP contribution in [0, 0.1) is 0 Å². The highest BCUT2D eigenvalue weighted by molar-refractivity contribution is 5.44. The van der Waals surface area contributed by atoms with Crippen molar-refractivity contribution in [2.24, 2.45) is 0 Å². The van der Waals surface area contributed by atoms with Crippen molar-refractivity contribution in [3.63, 3.8) is 0 Å². The van der Waals surface area contributed by atoms with Crippen LogP contribution in [0.4, 0.5) is 5.69 Å². The Morgan fingerprint density at radius 2 is 2.26 bits per heavy atom. The Morgan fingerprint density at radius 1 is 1.47 bits per heavy atom. The second kappa shape index (κ2) is 6.32. The first-order chi connectivity index (χ1) is 9.11. The van der Waals surface area contributed by atoms with E-state index in [9.17, 15) is 0 Å². The predicted octanol–water partition coefficient (Wildman–Crippen LogP) is 0.0401. The van der Waals surface area contributed by atoms with Crippen LogP contribution in [0.25, 0.3) is 0 Å². The second-order valence-corrected chi connectivity index (χ2v) is 5.48. The number of nitrogens with zero attached hydrogens (tertiary/aromatic N) is 3. The third-order valence-electron chi connectivity index (χ3n) is 4.12. The quantitative estimate of drug-likeness (QED) is 0.803. The molecule has 1 aliphatic heterocycles. The maximum Gasteiger partial charge on any atom is 0.0378 e. The highest BCUT2D eigenvalue weighted by atomic mass is 15.3. The van der Waals surface area contributed by atoms with Gasteiger partial charge in [-0.2, -0.15) is 0 Å². The molecule has 19 heavy (non-hydrogen) atoms. The first-order valence-electron chi connectivity index (χ1n) is 6.86. The Morgan fingerprint density at radius 3 is 2.95 bits per heavy atom. The molecule has 2 atom stereocenters. The smallest absolute Gasteiger partial charge is 0.0378 e. The van der Waals surface area contributed by atoms with Crippen LogP contribution in [0.5, 0.6) is 0 Å². The van der Waals surface area contributed by atoms with Gasteiger partial charge in [-0.05, 0) is 39.2 Å². The van der Waals surface area contributed by atoms with Gasteiger partial charge < -0.3 is 16.0 Å². The molecule has 0 radical (unpaired) electrons. The summed E-state index contributed by atoms with van der Waals surface area (Å²) in [7, 11) is 6.42. The lowest BCUT2D eigenvalue weighted by atomic mass is 9.97. The Hall–Kier alpha value is -1.17. The number of nitrogen functional groups attached to an aromatic ring is 1. The zero-order valence-electron chi connectivity index (χ0n) is 12.1. The molecule has 2 rings (SSSR count). The lowest BCUT2D eigenvalue weighted by Gasteiger charge is -2.42. The van der Waals surface area contributed by atoms with Gasteiger partial charge in [-0.3, -0.25) is 9.88 Å². The number of aromatic nitrogens is 1. The molecule has 2 unspecified atom stereocenters. The van der Waals surface area contributed by atoms with Crippen molar-refractivity contribution in [2.75, 3.05) is 46.5 Å². The van der Waals surface area contributed by atoms with Gasteiger partial charge in [-0.15, -0.1) is 0 Å². The molecule has 0 bridgehead atoms. The number of nitrogens with one attached hydrogen (secondary N) is 1. The van der Waals surface area contributed by atoms with E-state index >= 15 is 0 Å². The number of rotatable bonds is 4. The number of likely N-dealkylation sites (N-methyl/N-ethyl adjacent to an activating group) is 3. The summed E-state index contributed by atoms with van der Waals surface area (Å²) < 4.78 is 0. The van der Waals surface area contributed by atoms with Crippen LogP contribution >= 0.6 is 0 Å². The van der Waals surface area contributed by atoms with Crippen LogP contribution in [-0.4, -0.2) is 67.6 Å². The maximum atomic E-state index is 6.02. The van der Waals surface area contributed by atoms with Crippen molar-refractivity contribution >= 4 is 5.69 Å². The molecule has 5 nitrogen and oxygen atoms in total. The third kappa shape index (κ3) is 3.43. The first kappa shape index (κ1) is 14.2. The summed E-state index contributed by atoms with van der Waals surface area (Å²) in [5.41, 5.74) is 7.99. The van der Waals surface area contributed by atoms with E-state index in [-0.39, 0.29) is 0 Å². The number of hydrogen-bond donors (Lipinski definition) is 2. The Labute approximate surface area is 115 Å². The van der Waals surface area contributed by atoms with E-state index in [1.165, 1.54) is 0 Å². The first-order valence-corrected chi connectivity index (χ1v) is 6.86. The highest BCUT2D eigenvalue weighted by Gasteiger charge is 2.29. The normalized spacial score (nSPS) is 23.4. The minimum atomic E-state index is 0.388. The standard InChI is InChI=1S/C14H25N5/c1-16-13(8-11-9-17-5-4-12(11)15)14-10-18(2)6-7-19(14)3/h4-5,9,13-14,16H,6-8,10H2,1-3H3,(H2,15,17). The summed E-state index contributed by atoms with van der Waals surface area (Å²) in [6.07, 6.45) is 4.54. The lowest BCUT2D eigenvalue weighted by molar-refractivity contribution is 0.0897. The van der Waals surface area contributed by atoms with Crippen molar-refractivity contribution in [3.8, 4) is 0 Å². The summed E-state index contributed by atoms with van der Waals surface area (Å²) in [5.74, 6) is 0. The fourth-order valence-electron chi connectivity index (χ4n) is 2.75. The van der Waals surface area contributed by atoms with E-state index in [0.29, 0.717) is 12.1 Å². The average Bonchev–Trinajstić information content (AvgIpc) is 2.41. The van der Waals surface area contributed by atoms with Crippen molar-refractivity contribution in [1.82, 2.24) is 20.1 Å². The van der Waals surface area contributed by atoms with Crippen LogP contribution < -0.4 is 11.1 Å². The number of anilines is 1. The molecular formula is C14H25N5. The molecule has 0 saturated carbocycles. The molecule has 0 aromatic carbocycles. The van der Waals surface area contributed by atoms with E-state index in [2.05, 4.69) is 34.2 Å². The van der Waals surface area contributed by atoms with E-state index in [0.717, 1.165) is 37.3 Å². The van der Waals surface area contributed by atoms with Gasteiger partial charge in [0.2, 0.25) is 0 Å². The predicted molar refractivity (Wildman–Crippen MR) is 79.1 cm³/mol. The maximum absolute atomic E-state index is 6.02. The summed E-state index contributed by atoms with van der Waals surface area (Å²) in [6.45, 7) is 3.34. The Balaban J connectivity index is 2.09. The van der Waals surface area contributed by atoms with Crippen LogP contribution in [-0.2, 0) is 6.42 Å². The third-order valence-corrected chi connectivity index (χ3v) is 4.12. The molecule has 5 heteroatoms. The number of piperazine rings is 1. The molecule has 1 fully saturated rings. The van der Waals surface area contributed by atoms with Gasteiger partial charge in [0.15, 0.2) is 0 Å². The average molecular weight is 263 g/mol. The van der Waals surface area contributed by atoms with Crippen LogP contribution in [0.2, 0.25) is 0 Å². The Bertz CT molecular complexity index is 409. The van der Waals surface area contributed by atoms with Crippen LogP contribution in [0.1, 0.15) is 5.56 Å². The molecular weight excluding hydrogens is 238 g/mol. The molecule has 1 aromatic heterocycles. The molecule has 1 aliphatic rings. The zero-order valence-corrected chi connectivity index (χ0v) is 12.1. The minimum absolute atomic E-state index is 0.388. The lowest BCUT2D eigenvalue weighted by Crippen LogP contribution is -2.58. The summed E-state index contributed by atoms with van der Waals surface area (Å²) >= 11 is 0. The molecule has 3 N–H and O–H groups in total. The second-order valence-electron chi connectivity index (χ2n) is 5.48. The molecule has 1 aromatic rings. The van der Waals surface area contributed by atoms with Gasteiger partial charge in [0.1, 0.15) is 0 Å². The van der Waals surface area contributed by atoms with Crippen molar-refractivity contribution < 1.29 is 0 Å². The van der Waals surface area contributed by atoms with E-state index in [1.54, 1.807) is 6.20 Å². The fourth-order valence-corrected chi connectivity index (χ4v) is 2.75. The van der Waals surface area contributed by atoms with Crippen LogP contribution in [0.3, 0.4) is 0 Å². The monoisotopic (exact) mass is 263 g/mol. The van der Waals surface area contributed by atoms with Crippen molar-refractivity contribution in [1.29, 1.82) is 0 Å². The molecule has 2 heterocycles. The molecule has 0 spiro atoms. The molecule has 0 amide bonds. The zero-order chi connectivity index (χ0) is 13.8. The molecule has 106 valence electrons. The fraction of sp³-hybridized carbons (Fsp3) is 0.643. The Kier molecular flexibility index (Phi) is 4.74. The van der Waals surface area contributed by atoms with E-state index in [1.807, 2.05) is 19.3 Å². The van der Waals surface area contributed by atoms with Gasteiger partial charge >= 0.3 is 0 Å². The summed E-state index contributed by atoms with van der Waals surface area (Å²) in [6, 6.07) is 2.77. The molecule has 0 aliphatic carbocycles. The highest BCUT2D eigenvalue weighted by Crippen LogP contribution is 2.17. The minimum Gasteiger partial charge on any atom is -0.398 e. The largest absolute Gasteiger partial charge is 0.398 e. The summed E-state index contributed by atoms with van der Waals surface area (Å²) in [4.78, 5) is 9.01.